The number of amides is 1. The lowest BCUT2D eigenvalue weighted by molar-refractivity contribution is -0.122. The summed E-state index contributed by atoms with van der Waals surface area (Å²) in [6.45, 7) is 1.11. The van der Waals surface area contributed by atoms with Crippen molar-refractivity contribution in [1.29, 1.82) is 0 Å². The highest BCUT2D eigenvalue weighted by molar-refractivity contribution is 5.85. The zero-order valence-corrected chi connectivity index (χ0v) is 9.85. The number of hydrogen-bond donors (Lipinski definition) is 3. The Morgan fingerprint density at radius 2 is 2.39 bits per heavy atom. The normalized spacial score (nSPS) is 19.3. The van der Waals surface area contributed by atoms with Gasteiger partial charge in [0.05, 0.1) is 5.69 Å². The Balaban J connectivity index is 1.88. The van der Waals surface area contributed by atoms with E-state index in [2.05, 4.69) is 15.6 Å². The van der Waals surface area contributed by atoms with E-state index in [4.69, 9.17) is 5.11 Å². The summed E-state index contributed by atoms with van der Waals surface area (Å²) in [5.41, 5.74) is 0.734. The molecule has 1 fully saturated rings. The molecule has 1 aromatic rings. The third-order valence-electron chi connectivity index (χ3n) is 2.86. The molecule has 0 spiro atoms. The minimum absolute atomic E-state index is 0.0475. The Bertz CT molecular complexity index is 452. The number of aromatic carboxylic acids is 1. The minimum atomic E-state index is -1.03. The molecular formula is C12H15N3O3. The fourth-order valence-corrected chi connectivity index (χ4v) is 1.85. The molecule has 6 heteroatoms. The van der Waals surface area contributed by atoms with Gasteiger partial charge in [-0.2, -0.15) is 0 Å². The van der Waals surface area contributed by atoms with Crippen LogP contribution in [0.15, 0.2) is 18.2 Å². The van der Waals surface area contributed by atoms with Gasteiger partial charge in [-0.05, 0) is 18.6 Å². The van der Waals surface area contributed by atoms with Crippen molar-refractivity contribution in [1.82, 2.24) is 15.6 Å². The predicted molar refractivity (Wildman–Crippen MR) is 64.1 cm³/mol. The van der Waals surface area contributed by atoms with Crippen LogP contribution < -0.4 is 10.6 Å². The quantitative estimate of drug-likeness (QED) is 0.706. The highest BCUT2D eigenvalue weighted by atomic mass is 16.4. The maximum Gasteiger partial charge on any atom is 0.354 e. The van der Waals surface area contributed by atoms with E-state index in [0.717, 1.165) is 6.42 Å². The number of carboxylic acid groups (broad SMARTS) is 1. The van der Waals surface area contributed by atoms with E-state index in [0.29, 0.717) is 25.2 Å². The van der Waals surface area contributed by atoms with E-state index in [-0.39, 0.29) is 17.6 Å². The molecule has 2 rings (SSSR count). The van der Waals surface area contributed by atoms with Gasteiger partial charge < -0.3 is 15.7 Å². The molecule has 1 atom stereocenters. The molecule has 0 aromatic carbocycles. The summed E-state index contributed by atoms with van der Waals surface area (Å²) in [6.07, 6.45) is 1.32. The van der Waals surface area contributed by atoms with Crippen molar-refractivity contribution in [2.45, 2.75) is 25.4 Å². The first-order valence-corrected chi connectivity index (χ1v) is 5.84. The maximum atomic E-state index is 11.0. The van der Waals surface area contributed by atoms with Gasteiger partial charge in [-0.1, -0.05) is 6.07 Å². The van der Waals surface area contributed by atoms with Gasteiger partial charge in [-0.25, -0.2) is 9.78 Å². The first-order valence-electron chi connectivity index (χ1n) is 5.84. The minimum Gasteiger partial charge on any atom is -0.477 e. The second-order valence-corrected chi connectivity index (χ2v) is 4.24. The van der Waals surface area contributed by atoms with Crippen molar-refractivity contribution in [3.63, 3.8) is 0 Å². The average molecular weight is 249 g/mol. The Morgan fingerprint density at radius 1 is 1.56 bits per heavy atom. The highest BCUT2D eigenvalue weighted by Gasteiger charge is 2.17. The Hall–Kier alpha value is -1.95. The molecule has 3 N–H and O–H groups in total. The van der Waals surface area contributed by atoms with Crippen LogP contribution in [0.4, 0.5) is 0 Å². The summed E-state index contributed by atoms with van der Waals surface area (Å²) < 4.78 is 0. The molecule has 6 nitrogen and oxygen atoms in total. The number of aromatic nitrogens is 1. The summed E-state index contributed by atoms with van der Waals surface area (Å²) in [6, 6.07) is 5.14. The van der Waals surface area contributed by atoms with Gasteiger partial charge in [-0.3, -0.25) is 4.79 Å². The molecular weight excluding hydrogens is 234 g/mol. The van der Waals surface area contributed by atoms with E-state index in [1.54, 1.807) is 12.1 Å². The van der Waals surface area contributed by atoms with Gasteiger partial charge in [-0.15, -0.1) is 0 Å². The molecule has 0 bridgehead atoms. The van der Waals surface area contributed by atoms with Gasteiger partial charge in [0.2, 0.25) is 5.91 Å². The lowest BCUT2D eigenvalue weighted by atomic mass is 10.1. The number of carbonyl (C=O) groups is 2. The summed E-state index contributed by atoms with van der Waals surface area (Å²) >= 11 is 0. The van der Waals surface area contributed by atoms with E-state index in [9.17, 15) is 9.59 Å². The van der Waals surface area contributed by atoms with Crippen LogP contribution in [-0.2, 0) is 11.3 Å². The lowest BCUT2D eigenvalue weighted by Crippen LogP contribution is -2.45. The van der Waals surface area contributed by atoms with Crippen LogP contribution in [0.2, 0.25) is 0 Å². The summed E-state index contributed by atoms with van der Waals surface area (Å²) in [5.74, 6) is -0.944. The largest absolute Gasteiger partial charge is 0.477 e. The Kier molecular flexibility index (Phi) is 3.88. The molecule has 1 aliphatic rings. The number of nitrogens with zero attached hydrogens (tertiary/aromatic N) is 1. The molecule has 1 saturated heterocycles. The number of hydrogen-bond acceptors (Lipinski definition) is 4. The van der Waals surface area contributed by atoms with Crippen LogP contribution in [-0.4, -0.2) is 34.6 Å². The third kappa shape index (κ3) is 3.27. The fraction of sp³-hybridized carbons (Fsp3) is 0.417. The lowest BCUT2D eigenvalue weighted by Gasteiger charge is -2.23. The van der Waals surface area contributed by atoms with E-state index in [1.165, 1.54) is 6.07 Å². The van der Waals surface area contributed by atoms with Crippen LogP contribution in [0, 0.1) is 0 Å². The van der Waals surface area contributed by atoms with Crippen molar-refractivity contribution >= 4 is 11.9 Å². The van der Waals surface area contributed by atoms with E-state index >= 15 is 0 Å². The number of piperidine rings is 1. The monoisotopic (exact) mass is 249 g/mol. The van der Waals surface area contributed by atoms with Crippen LogP contribution >= 0.6 is 0 Å². The SMILES string of the molecule is O=C1CCC(NCc2cccc(C(=O)O)n2)CN1. The Labute approximate surface area is 104 Å². The van der Waals surface area contributed by atoms with Crippen LogP contribution in [0.25, 0.3) is 0 Å². The van der Waals surface area contributed by atoms with Gasteiger partial charge in [0, 0.05) is 25.6 Å². The van der Waals surface area contributed by atoms with Gasteiger partial charge in [0.15, 0.2) is 0 Å². The number of nitrogens with one attached hydrogen (secondary N) is 2. The van der Waals surface area contributed by atoms with Crippen LogP contribution in [0.3, 0.4) is 0 Å². The molecule has 0 radical (unpaired) electrons. The van der Waals surface area contributed by atoms with Gasteiger partial charge in [0.1, 0.15) is 5.69 Å². The first kappa shape index (κ1) is 12.5. The zero-order chi connectivity index (χ0) is 13.0. The van der Waals surface area contributed by atoms with Crippen LogP contribution in [0.5, 0.6) is 0 Å². The predicted octanol–water partition coefficient (Wildman–Crippen LogP) is 0.148. The maximum absolute atomic E-state index is 11.0. The molecule has 0 saturated carbocycles. The second-order valence-electron chi connectivity index (χ2n) is 4.24. The summed E-state index contributed by atoms with van der Waals surface area (Å²) in [4.78, 5) is 25.8. The molecule has 1 aliphatic heterocycles. The number of pyridine rings is 1. The van der Waals surface area contributed by atoms with Gasteiger partial charge in [0.25, 0.3) is 0 Å². The number of carbonyl (C=O) groups excluding carboxylic acids is 1. The van der Waals surface area contributed by atoms with E-state index < -0.39 is 5.97 Å². The molecule has 1 amide bonds. The highest BCUT2D eigenvalue weighted by Crippen LogP contribution is 2.05. The third-order valence-corrected chi connectivity index (χ3v) is 2.86. The molecule has 2 heterocycles. The number of carboxylic acids is 1. The molecule has 96 valence electrons. The standard InChI is InChI=1S/C12H15N3O3/c16-11-5-4-8(6-14-11)13-7-9-2-1-3-10(15-9)12(17)18/h1-3,8,13H,4-7H2,(H,14,16)(H,17,18). The molecule has 1 aromatic heterocycles. The smallest absolute Gasteiger partial charge is 0.354 e. The average Bonchev–Trinajstić information content (AvgIpc) is 2.38. The van der Waals surface area contributed by atoms with E-state index in [1.807, 2.05) is 0 Å². The zero-order valence-electron chi connectivity index (χ0n) is 9.85. The van der Waals surface area contributed by atoms with Gasteiger partial charge >= 0.3 is 5.97 Å². The van der Waals surface area contributed by atoms with Crippen molar-refractivity contribution < 1.29 is 14.7 Å². The number of rotatable bonds is 4. The second kappa shape index (κ2) is 5.59. The molecule has 1 unspecified atom stereocenters. The first-order chi connectivity index (χ1) is 8.65. The topological polar surface area (TPSA) is 91.3 Å². The van der Waals surface area contributed by atoms with Crippen LogP contribution in [0.1, 0.15) is 29.0 Å². The molecule has 0 aliphatic carbocycles. The van der Waals surface area contributed by atoms with Crippen molar-refractivity contribution in [3.8, 4) is 0 Å². The summed E-state index contributed by atoms with van der Waals surface area (Å²) in [7, 11) is 0. The van der Waals surface area contributed by atoms with Crippen molar-refractivity contribution in [2.24, 2.45) is 0 Å². The fourth-order valence-electron chi connectivity index (χ4n) is 1.85. The van der Waals surface area contributed by atoms with Crippen molar-refractivity contribution in [2.75, 3.05) is 6.54 Å². The molecule has 18 heavy (non-hydrogen) atoms. The summed E-state index contributed by atoms with van der Waals surface area (Å²) in [5, 5.41) is 14.9. The van der Waals surface area contributed by atoms with Crippen molar-refractivity contribution in [3.05, 3.63) is 29.6 Å². The Morgan fingerprint density at radius 3 is 3.06 bits per heavy atom.